The van der Waals surface area contributed by atoms with Gasteiger partial charge in [-0.05, 0) is 62.4 Å². The third-order valence-electron chi connectivity index (χ3n) is 4.52. The predicted molar refractivity (Wildman–Crippen MR) is 85.5 cm³/mol. The molecule has 0 atom stereocenters. The van der Waals surface area contributed by atoms with Crippen molar-refractivity contribution in [2.45, 2.75) is 36.6 Å². The third-order valence-corrected chi connectivity index (χ3v) is 5.65. The molecule has 1 N–H and O–H groups in total. The number of nitrogens with zero attached hydrogens (tertiary/aromatic N) is 1. The van der Waals surface area contributed by atoms with Crippen molar-refractivity contribution in [2.75, 3.05) is 30.8 Å². The molecule has 4 nitrogen and oxygen atoms in total. The minimum absolute atomic E-state index is 0.398. The van der Waals surface area contributed by atoms with Gasteiger partial charge < -0.3 is 10.2 Å². The fraction of sp³-hybridized carbons (Fsp3) is 0.625. The molecular formula is C16H24N2O2S. The lowest BCUT2D eigenvalue weighted by Gasteiger charge is -2.33. The lowest BCUT2D eigenvalue weighted by molar-refractivity contribution is 0.382. The number of hydrogen-bond acceptors (Lipinski definition) is 4. The number of sulfone groups is 1. The van der Waals surface area contributed by atoms with Crippen molar-refractivity contribution in [2.24, 2.45) is 5.92 Å². The molecular weight excluding hydrogens is 284 g/mol. The molecule has 1 heterocycles. The summed E-state index contributed by atoms with van der Waals surface area (Å²) in [6.45, 7) is 3.29. The molecule has 0 bridgehead atoms. The molecule has 1 aliphatic carbocycles. The highest BCUT2D eigenvalue weighted by molar-refractivity contribution is 7.90. The Bertz CT molecular complexity index is 571. The van der Waals surface area contributed by atoms with Gasteiger partial charge in [0.05, 0.1) is 4.90 Å². The van der Waals surface area contributed by atoms with Gasteiger partial charge >= 0.3 is 0 Å². The van der Waals surface area contributed by atoms with E-state index >= 15 is 0 Å². The van der Waals surface area contributed by atoms with Gasteiger partial charge in [-0.2, -0.15) is 0 Å². The van der Waals surface area contributed by atoms with Crippen LogP contribution in [0, 0.1) is 5.92 Å². The quantitative estimate of drug-likeness (QED) is 0.904. The number of rotatable bonds is 5. The molecule has 2 aliphatic rings. The molecule has 0 unspecified atom stereocenters. The summed E-state index contributed by atoms with van der Waals surface area (Å²) in [6, 6.07) is 8.08. The van der Waals surface area contributed by atoms with Gasteiger partial charge in [0.15, 0.2) is 9.84 Å². The molecule has 5 heteroatoms. The van der Waals surface area contributed by atoms with Crippen LogP contribution in [0.25, 0.3) is 0 Å². The lowest BCUT2D eigenvalue weighted by atomic mass is 9.96. The van der Waals surface area contributed by atoms with E-state index in [0.717, 1.165) is 37.3 Å². The number of nitrogens with one attached hydrogen (secondary N) is 1. The molecule has 1 saturated carbocycles. The highest BCUT2D eigenvalue weighted by atomic mass is 32.2. The van der Waals surface area contributed by atoms with Crippen molar-refractivity contribution < 1.29 is 8.42 Å². The molecule has 0 radical (unpaired) electrons. The van der Waals surface area contributed by atoms with E-state index in [1.807, 2.05) is 12.1 Å². The first-order valence-electron chi connectivity index (χ1n) is 7.81. The number of benzene rings is 1. The van der Waals surface area contributed by atoms with E-state index in [0.29, 0.717) is 4.90 Å². The monoisotopic (exact) mass is 308 g/mol. The Kier molecular flexibility index (Phi) is 4.22. The van der Waals surface area contributed by atoms with E-state index in [1.54, 1.807) is 12.1 Å². The minimum atomic E-state index is -3.10. The Balaban J connectivity index is 1.53. The van der Waals surface area contributed by atoms with Crippen molar-refractivity contribution in [3.8, 4) is 0 Å². The van der Waals surface area contributed by atoms with Gasteiger partial charge in [-0.1, -0.05) is 0 Å². The van der Waals surface area contributed by atoms with Crippen LogP contribution in [0.15, 0.2) is 29.2 Å². The standard InChI is InChI=1S/C16H24N2O2S/c1-21(19,20)16-6-4-15(5-7-16)18-10-8-13(9-11-18)12-17-14-2-3-14/h4-7,13-14,17H,2-3,8-12H2,1H3. The number of piperidine rings is 1. The fourth-order valence-corrected chi connectivity index (χ4v) is 3.55. The van der Waals surface area contributed by atoms with Gasteiger partial charge in [0.25, 0.3) is 0 Å². The Morgan fingerprint density at radius 3 is 2.24 bits per heavy atom. The van der Waals surface area contributed by atoms with Crippen LogP contribution in [0.5, 0.6) is 0 Å². The van der Waals surface area contributed by atoms with Gasteiger partial charge in [0, 0.05) is 31.1 Å². The molecule has 1 aliphatic heterocycles. The molecule has 1 saturated heterocycles. The summed E-state index contributed by atoms with van der Waals surface area (Å²) in [5.41, 5.74) is 1.14. The normalized spacial score (nSPS) is 20.7. The van der Waals surface area contributed by atoms with Gasteiger partial charge in [-0.25, -0.2) is 8.42 Å². The second-order valence-electron chi connectivity index (χ2n) is 6.38. The number of anilines is 1. The maximum atomic E-state index is 11.5. The largest absolute Gasteiger partial charge is 0.372 e. The molecule has 1 aromatic carbocycles. The van der Waals surface area contributed by atoms with Crippen LogP contribution < -0.4 is 10.2 Å². The maximum Gasteiger partial charge on any atom is 0.175 e. The zero-order chi connectivity index (χ0) is 14.9. The summed E-state index contributed by atoms with van der Waals surface area (Å²) in [5, 5.41) is 3.62. The van der Waals surface area contributed by atoms with Crippen LogP contribution in [-0.4, -0.2) is 40.3 Å². The van der Waals surface area contributed by atoms with Crippen molar-refractivity contribution in [3.63, 3.8) is 0 Å². The van der Waals surface area contributed by atoms with Crippen LogP contribution in [-0.2, 0) is 9.84 Å². The van der Waals surface area contributed by atoms with Crippen LogP contribution in [0.1, 0.15) is 25.7 Å². The Morgan fingerprint density at radius 1 is 1.10 bits per heavy atom. The summed E-state index contributed by atoms with van der Waals surface area (Å²) in [6.07, 6.45) is 6.39. The van der Waals surface area contributed by atoms with E-state index < -0.39 is 9.84 Å². The van der Waals surface area contributed by atoms with E-state index in [-0.39, 0.29) is 0 Å². The van der Waals surface area contributed by atoms with E-state index in [4.69, 9.17) is 0 Å². The molecule has 0 spiro atoms. The summed E-state index contributed by atoms with van der Waals surface area (Å²) in [7, 11) is -3.10. The zero-order valence-electron chi connectivity index (χ0n) is 12.6. The first kappa shape index (κ1) is 14.9. The van der Waals surface area contributed by atoms with Gasteiger partial charge in [0.1, 0.15) is 0 Å². The average molecular weight is 308 g/mol. The second kappa shape index (κ2) is 5.97. The molecule has 2 fully saturated rings. The summed E-state index contributed by atoms with van der Waals surface area (Å²) < 4.78 is 22.9. The third kappa shape index (κ3) is 3.98. The van der Waals surface area contributed by atoms with Crippen molar-refractivity contribution in [1.82, 2.24) is 5.32 Å². The highest BCUT2D eigenvalue weighted by Crippen LogP contribution is 2.25. The second-order valence-corrected chi connectivity index (χ2v) is 8.39. The summed E-state index contributed by atoms with van der Waals surface area (Å²) in [4.78, 5) is 2.76. The fourth-order valence-electron chi connectivity index (χ4n) is 2.92. The Hall–Kier alpha value is -1.07. The minimum Gasteiger partial charge on any atom is -0.372 e. The van der Waals surface area contributed by atoms with Crippen LogP contribution in [0.3, 0.4) is 0 Å². The van der Waals surface area contributed by atoms with Crippen molar-refractivity contribution >= 4 is 15.5 Å². The molecule has 116 valence electrons. The maximum absolute atomic E-state index is 11.5. The molecule has 0 amide bonds. The van der Waals surface area contributed by atoms with Gasteiger partial charge in [-0.15, -0.1) is 0 Å². The first-order valence-corrected chi connectivity index (χ1v) is 9.70. The average Bonchev–Trinajstić information content (AvgIpc) is 3.29. The summed E-state index contributed by atoms with van der Waals surface area (Å²) >= 11 is 0. The van der Waals surface area contributed by atoms with Gasteiger partial charge in [-0.3, -0.25) is 0 Å². The first-order chi connectivity index (χ1) is 10.0. The van der Waals surface area contributed by atoms with Crippen LogP contribution in [0.2, 0.25) is 0 Å². The van der Waals surface area contributed by atoms with Crippen molar-refractivity contribution in [1.29, 1.82) is 0 Å². The van der Waals surface area contributed by atoms with Crippen molar-refractivity contribution in [3.05, 3.63) is 24.3 Å². The molecule has 21 heavy (non-hydrogen) atoms. The molecule has 0 aromatic heterocycles. The van der Waals surface area contributed by atoms with Crippen LogP contribution in [0.4, 0.5) is 5.69 Å². The number of hydrogen-bond donors (Lipinski definition) is 1. The topological polar surface area (TPSA) is 49.4 Å². The zero-order valence-corrected chi connectivity index (χ0v) is 13.4. The van der Waals surface area contributed by atoms with Gasteiger partial charge in [0.2, 0.25) is 0 Å². The summed E-state index contributed by atoms with van der Waals surface area (Å²) in [5.74, 6) is 0.789. The van der Waals surface area contributed by atoms with E-state index in [2.05, 4.69) is 10.2 Å². The lowest BCUT2D eigenvalue weighted by Crippen LogP contribution is -2.37. The van der Waals surface area contributed by atoms with E-state index in [9.17, 15) is 8.42 Å². The molecule has 1 aromatic rings. The van der Waals surface area contributed by atoms with E-state index in [1.165, 1.54) is 31.9 Å². The van der Waals surface area contributed by atoms with Crippen LogP contribution >= 0.6 is 0 Å². The smallest absolute Gasteiger partial charge is 0.175 e. The predicted octanol–water partition coefficient (Wildman–Crippen LogP) is 2.06. The highest BCUT2D eigenvalue weighted by Gasteiger charge is 2.24. The Labute approximate surface area is 127 Å². The Morgan fingerprint density at radius 2 is 1.71 bits per heavy atom. The molecule has 3 rings (SSSR count). The SMILES string of the molecule is CS(=O)(=O)c1ccc(N2CCC(CNC3CC3)CC2)cc1.